The molecule has 2 N–H and O–H groups in total. The van der Waals surface area contributed by atoms with E-state index in [4.69, 9.17) is 4.74 Å². The van der Waals surface area contributed by atoms with Gasteiger partial charge < -0.3 is 10.1 Å². The lowest BCUT2D eigenvalue weighted by Crippen LogP contribution is -2.32. The first-order chi connectivity index (χ1) is 13.6. The minimum absolute atomic E-state index is 0.151. The SMILES string of the molecule is Cc1ccc(C)c(S(=O)(=O)NCCC(=O)O[C@H](C)C(=O)Nc2ccc(F)cc2)c1. The van der Waals surface area contributed by atoms with Gasteiger partial charge in [0.2, 0.25) is 10.0 Å². The second-order valence-corrected chi connectivity index (χ2v) is 8.28. The molecule has 0 radical (unpaired) electrons. The molecule has 0 spiro atoms. The average Bonchev–Trinajstić information content (AvgIpc) is 2.65. The van der Waals surface area contributed by atoms with Crippen LogP contribution >= 0.6 is 0 Å². The van der Waals surface area contributed by atoms with Gasteiger partial charge in [-0.05, 0) is 62.2 Å². The normalized spacial score (nSPS) is 12.3. The molecule has 156 valence electrons. The zero-order valence-electron chi connectivity index (χ0n) is 16.4. The van der Waals surface area contributed by atoms with Gasteiger partial charge in [0.05, 0.1) is 11.3 Å². The van der Waals surface area contributed by atoms with Crippen molar-refractivity contribution in [2.75, 3.05) is 11.9 Å². The molecule has 0 saturated heterocycles. The van der Waals surface area contributed by atoms with Crippen LogP contribution in [0.4, 0.5) is 10.1 Å². The first-order valence-electron chi connectivity index (χ1n) is 8.91. The summed E-state index contributed by atoms with van der Waals surface area (Å²) >= 11 is 0. The van der Waals surface area contributed by atoms with E-state index >= 15 is 0 Å². The van der Waals surface area contributed by atoms with E-state index in [9.17, 15) is 22.4 Å². The summed E-state index contributed by atoms with van der Waals surface area (Å²) in [6.45, 7) is 4.69. The standard InChI is InChI=1S/C20H23FN2O5S/c1-13-4-5-14(2)18(12-13)29(26,27)22-11-10-19(24)28-15(3)20(25)23-17-8-6-16(21)7-9-17/h4-9,12,15,22H,10-11H2,1-3H3,(H,23,25)/t15-/m1/s1. The summed E-state index contributed by atoms with van der Waals surface area (Å²) in [5, 5.41) is 2.49. The number of aryl methyl sites for hydroxylation is 2. The highest BCUT2D eigenvalue weighted by molar-refractivity contribution is 7.89. The molecule has 0 aliphatic heterocycles. The van der Waals surface area contributed by atoms with Gasteiger partial charge >= 0.3 is 5.97 Å². The van der Waals surface area contributed by atoms with Crippen LogP contribution in [0.15, 0.2) is 47.4 Å². The highest BCUT2D eigenvalue weighted by Gasteiger charge is 2.20. The van der Waals surface area contributed by atoms with Crippen molar-refractivity contribution in [3.63, 3.8) is 0 Å². The van der Waals surface area contributed by atoms with Crippen LogP contribution in [0, 0.1) is 19.7 Å². The number of nitrogens with one attached hydrogen (secondary N) is 2. The van der Waals surface area contributed by atoms with Crippen molar-refractivity contribution in [3.8, 4) is 0 Å². The van der Waals surface area contributed by atoms with Gasteiger partial charge in [-0.3, -0.25) is 9.59 Å². The molecule has 0 fully saturated rings. The molecular formula is C20H23FN2O5S. The van der Waals surface area contributed by atoms with Crippen LogP contribution in [0.2, 0.25) is 0 Å². The number of esters is 1. The predicted octanol–water partition coefficient (Wildman–Crippen LogP) is 2.68. The molecule has 0 aliphatic carbocycles. The van der Waals surface area contributed by atoms with Crippen LogP contribution < -0.4 is 10.0 Å². The minimum atomic E-state index is -3.77. The number of ether oxygens (including phenoxy) is 1. The van der Waals surface area contributed by atoms with E-state index in [1.165, 1.54) is 31.2 Å². The molecule has 1 atom stereocenters. The first kappa shape index (κ1) is 22.5. The van der Waals surface area contributed by atoms with E-state index in [1.807, 2.05) is 6.07 Å². The Morgan fingerprint density at radius 1 is 1.10 bits per heavy atom. The molecule has 2 aromatic carbocycles. The van der Waals surface area contributed by atoms with Gasteiger partial charge in [0.15, 0.2) is 6.10 Å². The first-order valence-corrected chi connectivity index (χ1v) is 10.4. The maximum absolute atomic E-state index is 12.9. The smallest absolute Gasteiger partial charge is 0.307 e. The average molecular weight is 422 g/mol. The minimum Gasteiger partial charge on any atom is -0.452 e. The molecular weight excluding hydrogens is 399 g/mol. The third kappa shape index (κ3) is 6.65. The zero-order chi connectivity index (χ0) is 21.6. The Balaban J connectivity index is 1.83. The molecule has 7 nitrogen and oxygen atoms in total. The number of hydrogen-bond donors (Lipinski definition) is 2. The number of carbonyl (C=O) groups is 2. The van der Waals surface area contributed by atoms with Crippen molar-refractivity contribution < 1.29 is 27.1 Å². The lowest BCUT2D eigenvalue weighted by atomic mass is 10.2. The Kier molecular flexibility index (Phi) is 7.46. The number of halogens is 1. The highest BCUT2D eigenvalue weighted by Crippen LogP contribution is 2.16. The van der Waals surface area contributed by atoms with Crippen LogP contribution in [0.1, 0.15) is 24.5 Å². The Morgan fingerprint density at radius 3 is 2.41 bits per heavy atom. The van der Waals surface area contributed by atoms with Crippen LogP contribution in [-0.4, -0.2) is 32.9 Å². The third-order valence-electron chi connectivity index (χ3n) is 4.04. The molecule has 0 aromatic heterocycles. The molecule has 0 aliphatic rings. The molecule has 29 heavy (non-hydrogen) atoms. The summed E-state index contributed by atoms with van der Waals surface area (Å²) in [6, 6.07) is 10.2. The molecule has 9 heteroatoms. The Morgan fingerprint density at radius 2 is 1.76 bits per heavy atom. The third-order valence-corrected chi connectivity index (χ3v) is 5.65. The van der Waals surface area contributed by atoms with Gasteiger partial charge in [0.25, 0.3) is 5.91 Å². The Hall–Kier alpha value is -2.78. The van der Waals surface area contributed by atoms with E-state index < -0.39 is 33.8 Å². The van der Waals surface area contributed by atoms with Crippen LogP contribution in [0.5, 0.6) is 0 Å². The maximum atomic E-state index is 12.9. The molecule has 1 amide bonds. The van der Waals surface area contributed by atoms with Crippen molar-refractivity contribution in [1.82, 2.24) is 4.72 Å². The number of carbonyl (C=O) groups excluding carboxylic acids is 2. The summed E-state index contributed by atoms with van der Waals surface area (Å²) in [6.07, 6.45) is -1.33. The molecule has 0 unspecified atom stereocenters. The van der Waals surface area contributed by atoms with Gasteiger partial charge in [-0.15, -0.1) is 0 Å². The molecule has 2 rings (SSSR count). The van der Waals surface area contributed by atoms with Crippen molar-refractivity contribution in [2.24, 2.45) is 0 Å². The Labute approximate surface area is 169 Å². The van der Waals surface area contributed by atoms with Crippen molar-refractivity contribution in [1.29, 1.82) is 0 Å². The van der Waals surface area contributed by atoms with Crippen LogP contribution in [-0.2, 0) is 24.3 Å². The second kappa shape index (κ2) is 9.62. The Bertz CT molecular complexity index is 990. The number of hydrogen-bond acceptors (Lipinski definition) is 5. The van der Waals surface area contributed by atoms with Gasteiger partial charge in [-0.25, -0.2) is 17.5 Å². The fourth-order valence-corrected chi connectivity index (χ4v) is 3.81. The molecule has 0 bridgehead atoms. The van der Waals surface area contributed by atoms with E-state index in [2.05, 4.69) is 10.0 Å². The fraction of sp³-hybridized carbons (Fsp3) is 0.300. The van der Waals surface area contributed by atoms with Gasteiger partial charge in [0.1, 0.15) is 5.82 Å². The second-order valence-electron chi connectivity index (χ2n) is 6.54. The number of benzene rings is 2. The molecule has 0 heterocycles. The summed E-state index contributed by atoms with van der Waals surface area (Å²) in [7, 11) is -3.77. The number of sulfonamides is 1. The summed E-state index contributed by atoms with van der Waals surface area (Å²) in [4.78, 5) is 24.1. The van der Waals surface area contributed by atoms with Crippen LogP contribution in [0.25, 0.3) is 0 Å². The van der Waals surface area contributed by atoms with Crippen molar-refractivity contribution >= 4 is 27.6 Å². The predicted molar refractivity (Wildman–Crippen MR) is 106 cm³/mol. The summed E-state index contributed by atoms with van der Waals surface area (Å²) in [5.74, 6) is -1.75. The van der Waals surface area contributed by atoms with E-state index in [0.29, 0.717) is 11.3 Å². The quantitative estimate of drug-likeness (QED) is 0.637. The number of amides is 1. The lowest BCUT2D eigenvalue weighted by Gasteiger charge is -2.14. The highest BCUT2D eigenvalue weighted by atomic mass is 32.2. The van der Waals surface area contributed by atoms with Crippen LogP contribution in [0.3, 0.4) is 0 Å². The molecule has 0 saturated carbocycles. The van der Waals surface area contributed by atoms with E-state index in [-0.39, 0.29) is 17.9 Å². The lowest BCUT2D eigenvalue weighted by molar-refractivity contribution is -0.152. The van der Waals surface area contributed by atoms with Gasteiger partial charge in [-0.1, -0.05) is 12.1 Å². The topological polar surface area (TPSA) is 102 Å². The van der Waals surface area contributed by atoms with Crippen molar-refractivity contribution in [2.45, 2.75) is 38.2 Å². The zero-order valence-corrected chi connectivity index (χ0v) is 17.2. The van der Waals surface area contributed by atoms with Gasteiger partial charge in [0, 0.05) is 12.2 Å². The fourth-order valence-electron chi connectivity index (χ4n) is 2.45. The maximum Gasteiger partial charge on any atom is 0.307 e. The number of anilines is 1. The molecule has 2 aromatic rings. The van der Waals surface area contributed by atoms with E-state index in [0.717, 1.165) is 5.56 Å². The number of rotatable bonds is 8. The van der Waals surface area contributed by atoms with Gasteiger partial charge in [-0.2, -0.15) is 0 Å². The van der Waals surface area contributed by atoms with E-state index in [1.54, 1.807) is 26.0 Å². The summed E-state index contributed by atoms with van der Waals surface area (Å²) in [5.41, 5.74) is 1.76. The largest absolute Gasteiger partial charge is 0.452 e. The summed E-state index contributed by atoms with van der Waals surface area (Å²) < 4.78 is 45.0. The monoisotopic (exact) mass is 422 g/mol. The van der Waals surface area contributed by atoms with Crippen molar-refractivity contribution in [3.05, 3.63) is 59.4 Å².